The highest BCUT2D eigenvalue weighted by molar-refractivity contribution is 7.10. The van der Waals surface area contributed by atoms with Gasteiger partial charge in [0, 0.05) is 18.0 Å². The Labute approximate surface area is 136 Å². The van der Waals surface area contributed by atoms with E-state index >= 15 is 0 Å². The molecular weight excluding hydrogens is 298 g/mol. The third-order valence-corrected chi connectivity index (χ3v) is 4.12. The Morgan fingerprint density at radius 2 is 1.95 bits per heavy atom. The third kappa shape index (κ3) is 7.36. The molecule has 2 rings (SSSR count). The molecule has 0 aliphatic rings. The summed E-state index contributed by atoms with van der Waals surface area (Å²) in [6.45, 7) is 5.37. The Morgan fingerprint density at radius 3 is 2.55 bits per heavy atom. The highest BCUT2D eigenvalue weighted by Crippen LogP contribution is 2.16. The molecule has 5 heteroatoms. The van der Waals surface area contributed by atoms with Gasteiger partial charge >= 0.3 is 0 Å². The zero-order valence-electron chi connectivity index (χ0n) is 13.1. The van der Waals surface area contributed by atoms with Crippen LogP contribution < -0.4 is 0 Å². The van der Waals surface area contributed by atoms with E-state index in [4.69, 9.17) is 14.6 Å². The molecule has 0 radical (unpaired) electrons. The summed E-state index contributed by atoms with van der Waals surface area (Å²) in [5, 5.41) is 9.05. The SMILES string of the molecule is Cc1ccsc1CN(C)CCOCc1ccccc1.O=CO. The molecule has 0 amide bonds. The minimum Gasteiger partial charge on any atom is -0.483 e. The number of rotatable bonds is 7. The second-order valence-corrected chi connectivity index (χ2v) is 5.91. The molecule has 1 aromatic carbocycles. The monoisotopic (exact) mass is 321 g/mol. The first kappa shape index (κ1) is 18.4. The van der Waals surface area contributed by atoms with Crippen LogP contribution in [0.3, 0.4) is 0 Å². The van der Waals surface area contributed by atoms with E-state index in [9.17, 15) is 0 Å². The van der Waals surface area contributed by atoms with E-state index in [1.54, 1.807) is 0 Å². The van der Waals surface area contributed by atoms with Crippen molar-refractivity contribution in [3.63, 3.8) is 0 Å². The molecular formula is C17H23NO3S. The van der Waals surface area contributed by atoms with Gasteiger partial charge in [-0.05, 0) is 36.5 Å². The van der Waals surface area contributed by atoms with Gasteiger partial charge in [0.2, 0.25) is 0 Å². The van der Waals surface area contributed by atoms with Crippen LogP contribution in [0, 0.1) is 6.92 Å². The van der Waals surface area contributed by atoms with Crippen LogP contribution in [0.15, 0.2) is 41.8 Å². The van der Waals surface area contributed by atoms with E-state index in [1.165, 1.54) is 16.0 Å². The molecule has 1 heterocycles. The van der Waals surface area contributed by atoms with Crippen LogP contribution in [-0.4, -0.2) is 36.7 Å². The van der Waals surface area contributed by atoms with E-state index in [0.29, 0.717) is 6.61 Å². The minimum atomic E-state index is -0.250. The molecule has 4 nitrogen and oxygen atoms in total. The van der Waals surface area contributed by atoms with Gasteiger partial charge in [0.05, 0.1) is 13.2 Å². The van der Waals surface area contributed by atoms with Gasteiger partial charge in [-0.15, -0.1) is 11.3 Å². The zero-order chi connectivity index (χ0) is 16.2. The van der Waals surface area contributed by atoms with E-state index in [0.717, 1.165) is 19.7 Å². The van der Waals surface area contributed by atoms with Gasteiger partial charge in [-0.2, -0.15) is 0 Å². The van der Waals surface area contributed by atoms with Gasteiger partial charge in [-0.1, -0.05) is 30.3 Å². The van der Waals surface area contributed by atoms with Gasteiger partial charge < -0.3 is 9.84 Å². The van der Waals surface area contributed by atoms with Crippen LogP contribution in [0.5, 0.6) is 0 Å². The lowest BCUT2D eigenvalue weighted by Gasteiger charge is -2.16. The van der Waals surface area contributed by atoms with Gasteiger partial charge in [0.25, 0.3) is 6.47 Å². The highest BCUT2D eigenvalue weighted by atomic mass is 32.1. The van der Waals surface area contributed by atoms with Crippen LogP contribution in [0.25, 0.3) is 0 Å². The maximum absolute atomic E-state index is 8.36. The molecule has 0 spiro atoms. The number of hydrogen-bond donors (Lipinski definition) is 1. The number of benzene rings is 1. The molecule has 0 bridgehead atoms. The molecule has 0 saturated carbocycles. The van der Waals surface area contributed by atoms with Crippen molar-refractivity contribution in [2.45, 2.75) is 20.1 Å². The van der Waals surface area contributed by atoms with Crippen molar-refractivity contribution in [3.05, 3.63) is 57.8 Å². The van der Waals surface area contributed by atoms with Crippen molar-refractivity contribution in [3.8, 4) is 0 Å². The third-order valence-electron chi connectivity index (χ3n) is 3.11. The Kier molecular flexibility index (Phi) is 9.14. The fraction of sp³-hybridized carbons (Fsp3) is 0.353. The average molecular weight is 321 g/mol. The first-order valence-electron chi connectivity index (χ1n) is 7.08. The summed E-state index contributed by atoms with van der Waals surface area (Å²) in [6, 6.07) is 12.5. The summed E-state index contributed by atoms with van der Waals surface area (Å²) in [5.41, 5.74) is 2.63. The fourth-order valence-corrected chi connectivity index (χ4v) is 2.86. The molecule has 0 atom stereocenters. The van der Waals surface area contributed by atoms with Gasteiger partial charge in [-0.3, -0.25) is 9.69 Å². The molecule has 1 N–H and O–H groups in total. The highest BCUT2D eigenvalue weighted by Gasteiger charge is 2.04. The van der Waals surface area contributed by atoms with Crippen LogP contribution in [0.4, 0.5) is 0 Å². The van der Waals surface area contributed by atoms with Crippen molar-refractivity contribution >= 4 is 17.8 Å². The maximum atomic E-state index is 8.36. The van der Waals surface area contributed by atoms with Gasteiger partial charge in [0.1, 0.15) is 0 Å². The van der Waals surface area contributed by atoms with E-state index in [1.807, 2.05) is 29.5 Å². The van der Waals surface area contributed by atoms with Crippen molar-refractivity contribution in [2.75, 3.05) is 20.2 Å². The first-order valence-corrected chi connectivity index (χ1v) is 7.96. The Hall–Kier alpha value is -1.69. The molecule has 1 aromatic heterocycles. The minimum absolute atomic E-state index is 0.250. The topological polar surface area (TPSA) is 49.8 Å². The molecule has 0 aliphatic carbocycles. The summed E-state index contributed by atoms with van der Waals surface area (Å²) in [4.78, 5) is 12.1. The predicted octanol–water partition coefficient (Wildman–Crippen LogP) is 3.41. The first-order chi connectivity index (χ1) is 10.7. The van der Waals surface area contributed by atoms with Gasteiger partial charge in [0.15, 0.2) is 0 Å². The molecule has 22 heavy (non-hydrogen) atoms. The lowest BCUT2D eigenvalue weighted by atomic mass is 10.2. The number of likely N-dealkylation sites (N-methyl/N-ethyl adjacent to an activating group) is 1. The van der Waals surface area contributed by atoms with Crippen molar-refractivity contribution < 1.29 is 14.6 Å². The zero-order valence-corrected chi connectivity index (χ0v) is 13.9. The number of ether oxygens (including phenoxy) is 1. The lowest BCUT2D eigenvalue weighted by Crippen LogP contribution is -2.22. The number of carboxylic acid groups (broad SMARTS) is 1. The molecule has 120 valence electrons. The number of carbonyl (C=O) groups is 1. The van der Waals surface area contributed by atoms with Crippen LogP contribution >= 0.6 is 11.3 Å². The predicted molar refractivity (Wildman–Crippen MR) is 90.2 cm³/mol. The summed E-state index contributed by atoms with van der Waals surface area (Å²) >= 11 is 1.83. The normalized spacial score (nSPS) is 10.1. The van der Waals surface area contributed by atoms with Crippen LogP contribution in [0.2, 0.25) is 0 Å². The smallest absolute Gasteiger partial charge is 0.290 e. The Balaban J connectivity index is 0.000000745. The number of nitrogens with zero attached hydrogens (tertiary/aromatic N) is 1. The molecule has 0 fully saturated rings. The lowest BCUT2D eigenvalue weighted by molar-refractivity contribution is -0.122. The molecule has 0 unspecified atom stereocenters. The summed E-state index contributed by atoms with van der Waals surface area (Å²) in [5.74, 6) is 0. The number of aryl methyl sites for hydroxylation is 1. The van der Waals surface area contributed by atoms with E-state index in [2.05, 4.69) is 42.5 Å². The molecule has 0 aliphatic heterocycles. The standard InChI is InChI=1S/C16H21NOS.CH2O2/c1-14-8-11-19-16(14)12-17(2)9-10-18-13-15-6-4-3-5-7-15;2-1-3/h3-8,11H,9-10,12-13H2,1-2H3;1H,(H,2,3). The number of hydrogen-bond acceptors (Lipinski definition) is 4. The van der Waals surface area contributed by atoms with E-state index < -0.39 is 0 Å². The fourth-order valence-electron chi connectivity index (χ4n) is 1.87. The van der Waals surface area contributed by atoms with E-state index in [-0.39, 0.29) is 6.47 Å². The largest absolute Gasteiger partial charge is 0.483 e. The summed E-state index contributed by atoms with van der Waals surface area (Å²) in [6.07, 6.45) is 0. The summed E-state index contributed by atoms with van der Waals surface area (Å²) < 4.78 is 5.70. The molecule has 2 aromatic rings. The van der Waals surface area contributed by atoms with Crippen LogP contribution in [0.1, 0.15) is 16.0 Å². The Bertz CT molecular complexity index is 528. The maximum Gasteiger partial charge on any atom is 0.290 e. The second kappa shape index (κ2) is 11.0. The quantitative estimate of drug-likeness (QED) is 0.627. The average Bonchev–Trinajstić information content (AvgIpc) is 2.91. The molecule has 0 saturated heterocycles. The number of thiophene rings is 1. The second-order valence-electron chi connectivity index (χ2n) is 4.91. The van der Waals surface area contributed by atoms with Crippen molar-refractivity contribution in [2.24, 2.45) is 0 Å². The van der Waals surface area contributed by atoms with Gasteiger partial charge in [-0.25, -0.2) is 0 Å². The van der Waals surface area contributed by atoms with Crippen molar-refractivity contribution in [1.29, 1.82) is 0 Å². The van der Waals surface area contributed by atoms with Crippen LogP contribution in [-0.2, 0) is 22.7 Å². The van der Waals surface area contributed by atoms with Crippen molar-refractivity contribution in [1.82, 2.24) is 4.90 Å². The summed E-state index contributed by atoms with van der Waals surface area (Å²) in [7, 11) is 2.14. The Morgan fingerprint density at radius 1 is 1.27 bits per heavy atom.